The number of fused-ring (bicyclic) bond motifs is 1. The van der Waals surface area contributed by atoms with Crippen molar-refractivity contribution in [2.45, 2.75) is 26.7 Å². The van der Waals surface area contributed by atoms with Crippen LogP contribution in [0.15, 0.2) is 54.7 Å². The van der Waals surface area contributed by atoms with Crippen molar-refractivity contribution in [3.8, 4) is 5.75 Å². The summed E-state index contributed by atoms with van der Waals surface area (Å²) in [6.45, 7) is 6.97. The molecule has 0 fully saturated rings. The highest BCUT2D eigenvalue weighted by molar-refractivity contribution is 6.10. The van der Waals surface area contributed by atoms with Gasteiger partial charge in [0.05, 0.1) is 17.9 Å². The molecule has 5 nitrogen and oxygen atoms in total. The molecule has 0 aliphatic rings. The van der Waals surface area contributed by atoms with E-state index < -0.39 is 0 Å². The van der Waals surface area contributed by atoms with Crippen molar-refractivity contribution in [2.24, 2.45) is 5.92 Å². The highest BCUT2D eigenvalue weighted by Gasteiger charge is 2.13. The molecule has 0 atom stereocenters. The van der Waals surface area contributed by atoms with Gasteiger partial charge in [-0.25, -0.2) is 0 Å². The second kappa shape index (κ2) is 9.95. The quantitative estimate of drug-likeness (QED) is 0.442. The number of benzene rings is 2. The number of amides is 1. The van der Waals surface area contributed by atoms with Crippen LogP contribution in [0, 0.1) is 5.92 Å². The van der Waals surface area contributed by atoms with Crippen LogP contribution in [0.3, 0.4) is 0 Å². The third-order valence-corrected chi connectivity index (χ3v) is 4.63. The summed E-state index contributed by atoms with van der Waals surface area (Å²) >= 11 is 0. The zero-order valence-electron chi connectivity index (χ0n) is 16.6. The second-order valence-corrected chi connectivity index (χ2v) is 7.33. The Morgan fingerprint density at radius 3 is 2.79 bits per heavy atom. The summed E-state index contributed by atoms with van der Waals surface area (Å²) in [6, 6.07) is 15.1. The number of nitrogens with one attached hydrogen (secondary N) is 3. The first-order valence-electron chi connectivity index (χ1n) is 9.95. The van der Waals surface area contributed by atoms with Crippen LogP contribution in [0.1, 0.15) is 37.0 Å². The molecule has 0 saturated carbocycles. The summed E-state index contributed by atoms with van der Waals surface area (Å²) in [7, 11) is 0. The van der Waals surface area contributed by atoms with E-state index >= 15 is 0 Å². The Balaban J connectivity index is 1.56. The van der Waals surface area contributed by atoms with Gasteiger partial charge in [-0.2, -0.15) is 0 Å². The predicted octanol–water partition coefficient (Wildman–Crippen LogP) is 4.82. The van der Waals surface area contributed by atoms with Crippen LogP contribution in [0.5, 0.6) is 5.75 Å². The van der Waals surface area contributed by atoms with E-state index in [4.69, 9.17) is 4.74 Å². The Bertz CT molecular complexity index is 902. The van der Waals surface area contributed by atoms with Gasteiger partial charge in [-0.3, -0.25) is 4.79 Å². The lowest BCUT2D eigenvalue weighted by atomic mass is 10.1. The topological polar surface area (TPSA) is 66.2 Å². The number of H-pyrrole nitrogens is 1. The average Bonchev–Trinajstić information content (AvgIpc) is 3.17. The normalized spacial score (nSPS) is 11.1. The van der Waals surface area contributed by atoms with Gasteiger partial charge < -0.3 is 20.4 Å². The SMILES string of the molecule is CC(C)CCNCCCOc1ccccc1C(=O)Nc1cccc2[nH]ccc12. The van der Waals surface area contributed by atoms with Crippen molar-refractivity contribution < 1.29 is 9.53 Å². The Hall–Kier alpha value is -2.79. The maximum absolute atomic E-state index is 12.8. The van der Waals surface area contributed by atoms with Crippen molar-refractivity contribution in [1.29, 1.82) is 0 Å². The Labute approximate surface area is 166 Å². The number of hydrogen-bond donors (Lipinski definition) is 3. The number of aromatic amines is 1. The van der Waals surface area contributed by atoms with Crippen LogP contribution < -0.4 is 15.4 Å². The third-order valence-electron chi connectivity index (χ3n) is 4.63. The highest BCUT2D eigenvalue weighted by Crippen LogP contribution is 2.25. The van der Waals surface area contributed by atoms with Crippen LogP contribution in [0.2, 0.25) is 0 Å². The van der Waals surface area contributed by atoms with Gasteiger partial charge in [0, 0.05) is 17.1 Å². The summed E-state index contributed by atoms with van der Waals surface area (Å²) in [5.74, 6) is 1.16. The molecule has 2 aromatic carbocycles. The Morgan fingerprint density at radius 1 is 1.07 bits per heavy atom. The van der Waals surface area contributed by atoms with Crippen LogP contribution in [-0.4, -0.2) is 30.6 Å². The Kier molecular flexibility index (Phi) is 7.09. The molecule has 0 aliphatic carbocycles. The zero-order valence-corrected chi connectivity index (χ0v) is 16.6. The van der Waals surface area contributed by atoms with E-state index in [2.05, 4.69) is 29.5 Å². The number of rotatable bonds is 10. The lowest BCUT2D eigenvalue weighted by Crippen LogP contribution is -2.20. The number of anilines is 1. The number of aromatic nitrogens is 1. The monoisotopic (exact) mass is 379 g/mol. The summed E-state index contributed by atoms with van der Waals surface area (Å²) in [5, 5.41) is 7.42. The number of carbonyl (C=O) groups is 1. The summed E-state index contributed by atoms with van der Waals surface area (Å²) in [6.07, 6.45) is 3.95. The molecule has 0 bridgehead atoms. The standard InChI is InChI=1S/C23H29N3O2/c1-17(2)11-14-24-13-6-16-28-22-10-4-3-7-19(22)23(27)26-21-9-5-8-20-18(21)12-15-25-20/h3-5,7-10,12,15,17,24-25H,6,11,13-14,16H2,1-2H3,(H,26,27). The summed E-state index contributed by atoms with van der Waals surface area (Å²) < 4.78 is 5.89. The lowest BCUT2D eigenvalue weighted by molar-refractivity contribution is 0.102. The molecule has 1 heterocycles. The number of carbonyl (C=O) groups excluding carboxylic acids is 1. The van der Waals surface area contributed by atoms with E-state index in [-0.39, 0.29) is 5.91 Å². The molecule has 1 aromatic heterocycles. The van der Waals surface area contributed by atoms with Crippen LogP contribution >= 0.6 is 0 Å². The van der Waals surface area contributed by atoms with E-state index in [0.29, 0.717) is 23.8 Å². The molecule has 3 N–H and O–H groups in total. The predicted molar refractivity (Wildman–Crippen MR) is 115 cm³/mol. The molecular weight excluding hydrogens is 350 g/mol. The van der Waals surface area contributed by atoms with E-state index in [1.807, 2.05) is 48.7 Å². The van der Waals surface area contributed by atoms with Gasteiger partial charge in [0.15, 0.2) is 0 Å². The molecule has 3 rings (SSSR count). The Morgan fingerprint density at radius 2 is 1.93 bits per heavy atom. The molecule has 0 unspecified atom stereocenters. The fraction of sp³-hybridized carbons (Fsp3) is 0.348. The fourth-order valence-electron chi connectivity index (χ4n) is 3.06. The maximum Gasteiger partial charge on any atom is 0.259 e. The minimum Gasteiger partial charge on any atom is -0.493 e. The molecule has 0 aliphatic heterocycles. The van der Waals surface area contributed by atoms with Crippen molar-refractivity contribution >= 4 is 22.5 Å². The molecule has 28 heavy (non-hydrogen) atoms. The molecule has 0 radical (unpaired) electrons. The molecule has 5 heteroatoms. The first-order chi connectivity index (χ1) is 13.6. The second-order valence-electron chi connectivity index (χ2n) is 7.33. The van der Waals surface area contributed by atoms with Crippen molar-refractivity contribution in [3.63, 3.8) is 0 Å². The van der Waals surface area contributed by atoms with Crippen LogP contribution in [0.25, 0.3) is 10.9 Å². The fourth-order valence-corrected chi connectivity index (χ4v) is 3.06. The van der Waals surface area contributed by atoms with E-state index in [1.165, 1.54) is 6.42 Å². The molecule has 3 aromatic rings. The highest BCUT2D eigenvalue weighted by atomic mass is 16.5. The number of para-hydroxylation sites is 1. The minimum atomic E-state index is -0.167. The third kappa shape index (κ3) is 5.36. The molecule has 0 spiro atoms. The van der Waals surface area contributed by atoms with Gasteiger partial charge in [0.1, 0.15) is 5.75 Å². The molecular formula is C23H29N3O2. The van der Waals surface area contributed by atoms with Crippen molar-refractivity contribution in [3.05, 3.63) is 60.3 Å². The van der Waals surface area contributed by atoms with Crippen LogP contribution in [-0.2, 0) is 0 Å². The van der Waals surface area contributed by atoms with Gasteiger partial charge in [0.2, 0.25) is 0 Å². The molecule has 1 amide bonds. The summed E-state index contributed by atoms with van der Waals surface area (Å²) in [5.41, 5.74) is 2.32. The first-order valence-corrected chi connectivity index (χ1v) is 9.95. The van der Waals surface area contributed by atoms with Gasteiger partial charge in [-0.15, -0.1) is 0 Å². The first kappa shape index (κ1) is 20.0. The molecule has 0 saturated heterocycles. The minimum absolute atomic E-state index is 0.167. The van der Waals surface area contributed by atoms with E-state index in [0.717, 1.165) is 36.1 Å². The van der Waals surface area contributed by atoms with E-state index in [9.17, 15) is 4.79 Å². The number of hydrogen-bond acceptors (Lipinski definition) is 3. The average molecular weight is 380 g/mol. The smallest absolute Gasteiger partial charge is 0.259 e. The van der Waals surface area contributed by atoms with Crippen molar-refractivity contribution in [2.75, 3.05) is 25.0 Å². The van der Waals surface area contributed by atoms with Gasteiger partial charge in [-0.05, 0) is 62.2 Å². The van der Waals surface area contributed by atoms with Gasteiger partial charge in [0.25, 0.3) is 5.91 Å². The number of ether oxygens (including phenoxy) is 1. The lowest BCUT2D eigenvalue weighted by Gasteiger charge is -2.13. The van der Waals surface area contributed by atoms with Crippen molar-refractivity contribution in [1.82, 2.24) is 10.3 Å². The molecule has 148 valence electrons. The van der Waals surface area contributed by atoms with Gasteiger partial charge in [-0.1, -0.05) is 32.0 Å². The largest absolute Gasteiger partial charge is 0.493 e. The van der Waals surface area contributed by atoms with E-state index in [1.54, 1.807) is 6.07 Å². The van der Waals surface area contributed by atoms with Crippen LogP contribution in [0.4, 0.5) is 5.69 Å². The van der Waals surface area contributed by atoms with Gasteiger partial charge >= 0.3 is 0 Å². The zero-order chi connectivity index (χ0) is 19.8. The maximum atomic E-state index is 12.8. The summed E-state index contributed by atoms with van der Waals surface area (Å²) in [4.78, 5) is 16.0.